The van der Waals surface area contributed by atoms with E-state index in [9.17, 15) is 10.2 Å². The van der Waals surface area contributed by atoms with Gasteiger partial charge in [0.1, 0.15) is 0 Å². The van der Waals surface area contributed by atoms with E-state index in [1.54, 1.807) is 0 Å². The third-order valence-electron chi connectivity index (χ3n) is 12.0. The van der Waals surface area contributed by atoms with Crippen molar-refractivity contribution in [2.45, 2.75) is 110 Å². The highest BCUT2D eigenvalue weighted by molar-refractivity contribution is 5.17. The lowest BCUT2D eigenvalue weighted by Crippen LogP contribution is -2.59. The summed E-state index contributed by atoms with van der Waals surface area (Å²) in [6.07, 6.45) is 9.70. The lowest BCUT2D eigenvalue weighted by atomic mass is 9.43. The second-order valence-corrected chi connectivity index (χ2v) is 13.2. The third-order valence-corrected chi connectivity index (χ3v) is 12.0. The summed E-state index contributed by atoms with van der Waals surface area (Å²) >= 11 is 0. The van der Waals surface area contributed by atoms with Crippen LogP contribution in [0.3, 0.4) is 0 Å². The van der Waals surface area contributed by atoms with Crippen molar-refractivity contribution in [1.82, 2.24) is 0 Å². The smallest absolute Gasteiger partial charge is 0.171 e. The van der Waals surface area contributed by atoms with Gasteiger partial charge in [-0.1, -0.05) is 27.7 Å². The van der Waals surface area contributed by atoms with Crippen LogP contribution in [0.2, 0.25) is 0 Å². The molecule has 0 bridgehead atoms. The van der Waals surface area contributed by atoms with Gasteiger partial charge in [-0.2, -0.15) is 0 Å². The van der Waals surface area contributed by atoms with Gasteiger partial charge in [0.15, 0.2) is 5.79 Å². The van der Waals surface area contributed by atoms with E-state index in [4.69, 9.17) is 9.47 Å². The standard InChI is InChI=1S/C27H44O4/c1-15-7-10-27(30-14-15)16(2)24-22(31-27)12-21-19-6-5-17-11-18(28)8-9-25(17,3)20(19)13-23(29)26(21,24)4/h15-24,28-29H,5-14H2,1-4H3/t15?,16?,17-,18-,19?,20?,21?,22-,23+,24?,25-,26+,27?/m0/s1. The van der Waals surface area contributed by atoms with Crippen molar-refractivity contribution in [1.29, 1.82) is 0 Å². The molecule has 0 amide bonds. The van der Waals surface area contributed by atoms with Gasteiger partial charge >= 0.3 is 0 Å². The number of aliphatic hydroxyl groups is 2. The van der Waals surface area contributed by atoms with E-state index in [0.29, 0.717) is 46.8 Å². The average molecular weight is 433 g/mol. The molecule has 2 heterocycles. The fraction of sp³-hybridized carbons (Fsp3) is 1.00. The van der Waals surface area contributed by atoms with Crippen molar-refractivity contribution in [2.24, 2.45) is 52.3 Å². The number of hydrogen-bond acceptors (Lipinski definition) is 4. The normalized spacial score (nSPS) is 63.3. The molecule has 1 spiro atoms. The summed E-state index contributed by atoms with van der Waals surface area (Å²) in [5, 5.41) is 22.1. The Hall–Kier alpha value is -0.160. The summed E-state index contributed by atoms with van der Waals surface area (Å²) in [5.41, 5.74) is 0.233. The molecular weight excluding hydrogens is 388 g/mol. The summed E-state index contributed by atoms with van der Waals surface area (Å²) in [5.74, 6) is 3.46. The van der Waals surface area contributed by atoms with Crippen LogP contribution in [-0.4, -0.2) is 40.9 Å². The molecule has 0 aromatic rings. The van der Waals surface area contributed by atoms with Gasteiger partial charge in [0, 0.05) is 23.7 Å². The summed E-state index contributed by atoms with van der Waals surface area (Å²) in [6.45, 7) is 10.3. The predicted octanol–water partition coefficient (Wildman–Crippen LogP) is 4.76. The summed E-state index contributed by atoms with van der Waals surface area (Å²) in [6, 6.07) is 0. The Bertz CT molecular complexity index is 716. The molecule has 4 heteroatoms. The topological polar surface area (TPSA) is 58.9 Å². The summed E-state index contributed by atoms with van der Waals surface area (Å²) < 4.78 is 13.3. The van der Waals surface area contributed by atoms with E-state index in [1.807, 2.05) is 0 Å². The molecule has 7 unspecified atom stereocenters. The number of aliphatic hydroxyl groups excluding tert-OH is 2. The highest BCUT2D eigenvalue weighted by Crippen LogP contribution is 2.71. The first kappa shape index (κ1) is 21.4. The molecule has 176 valence electrons. The third kappa shape index (κ3) is 2.74. The zero-order valence-electron chi connectivity index (χ0n) is 20.1. The quantitative estimate of drug-likeness (QED) is 0.579. The maximum absolute atomic E-state index is 11.8. The first-order chi connectivity index (χ1) is 14.7. The van der Waals surface area contributed by atoms with Crippen molar-refractivity contribution in [2.75, 3.05) is 6.61 Å². The van der Waals surface area contributed by atoms with E-state index in [-0.39, 0.29) is 23.7 Å². The van der Waals surface area contributed by atoms with Crippen LogP contribution in [0.4, 0.5) is 0 Å². The largest absolute Gasteiger partial charge is 0.393 e. The Labute approximate surface area is 188 Å². The molecule has 6 fully saturated rings. The average Bonchev–Trinajstić information content (AvgIpc) is 3.18. The SMILES string of the molecule is CC1CCC2(OC1)O[C@H]1CC3C4CC[C@H]5C[C@@H](O)CC[C@]5(C)C4C[C@@H](O)[C@]3(C)C1C2C. The molecule has 2 saturated heterocycles. The monoisotopic (exact) mass is 432 g/mol. The molecule has 2 aliphatic heterocycles. The van der Waals surface area contributed by atoms with Gasteiger partial charge in [-0.15, -0.1) is 0 Å². The van der Waals surface area contributed by atoms with Crippen LogP contribution in [-0.2, 0) is 9.47 Å². The van der Waals surface area contributed by atoms with Crippen molar-refractivity contribution < 1.29 is 19.7 Å². The highest BCUT2D eigenvalue weighted by Gasteiger charge is 2.71. The molecule has 6 rings (SSSR count). The van der Waals surface area contributed by atoms with Crippen LogP contribution in [0.5, 0.6) is 0 Å². The first-order valence-electron chi connectivity index (χ1n) is 13.4. The molecule has 4 aliphatic carbocycles. The number of rotatable bonds is 0. The van der Waals surface area contributed by atoms with Crippen LogP contribution in [0.1, 0.15) is 85.5 Å². The molecule has 6 aliphatic rings. The van der Waals surface area contributed by atoms with E-state index in [0.717, 1.165) is 45.1 Å². The van der Waals surface area contributed by atoms with E-state index < -0.39 is 5.79 Å². The molecule has 0 aromatic carbocycles. The molecule has 4 nitrogen and oxygen atoms in total. The minimum Gasteiger partial charge on any atom is -0.393 e. The number of fused-ring (bicyclic) bond motifs is 7. The van der Waals surface area contributed by atoms with Crippen molar-refractivity contribution in [3.63, 3.8) is 0 Å². The fourth-order valence-electron chi connectivity index (χ4n) is 10.2. The van der Waals surface area contributed by atoms with Crippen LogP contribution in [0, 0.1) is 52.3 Å². The van der Waals surface area contributed by atoms with Crippen molar-refractivity contribution in [3.8, 4) is 0 Å². The molecular formula is C27H44O4. The van der Waals surface area contributed by atoms with Crippen molar-refractivity contribution in [3.05, 3.63) is 0 Å². The van der Waals surface area contributed by atoms with Gasteiger partial charge in [-0.3, -0.25) is 0 Å². The Morgan fingerprint density at radius 2 is 1.68 bits per heavy atom. The van der Waals surface area contributed by atoms with Gasteiger partial charge in [0.2, 0.25) is 0 Å². The second kappa shape index (κ2) is 6.93. The molecule has 0 aromatic heterocycles. The molecule has 13 atom stereocenters. The van der Waals surface area contributed by atoms with Crippen LogP contribution >= 0.6 is 0 Å². The molecule has 0 radical (unpaired) electrons. The minimum absolute atomic E-state index is 0.0570. The van der Waals surface area contributed by atoms with Gasteiger partial charge < -0.3 is 19.7 Å². The Morgan fingerprint density at radius 3 is 2.42 bits per heavy atom. The molecule has 2 N–H and O–H groups in total. The van der Waals surface area contributed by atoms with E-state index in [1.165, 1.54) is 19.3 Å². The van der Waals surface area contributed by atoms with Gasteiger partial charge in [0.25, 0.3) is 0 Å². The highest BCUT2D eigenvalue weighted by atomic mass is 16.7. The first-order valence-corrected chi connectivity index (χ1v) is 13.4. The second-order valence-electron chi connectivity index (χ2n) is 13.2. The van der Waals surface area contributed by atoms with Gasteiger partial charge in [-0.05, 0) is 86.4 Å². The zero-order chi connectivity index (χ0) is 21.8. The zero-order valence-corrected chi connectivity index (χ0v) is 20.1. The van der Waals surface area contributed by atoms with Crippen LogP contribution in [0.25, 0.3) is 0 Å². The molecule has 4 saturated carbocycles. The Balaban J connectivity index is 1.29. The number of hydrogen-bond donors (Lipinski definition) is 2. The van der Waals surface area contributed by atoms with Crippen LogP contribution < -0.4 is 0 Å². The van der Waals surface area contributed by atoms with E-state index >= 15 is 0 Å². The summed E-state index contributed by atoms with van der Waals surface area (Å²) in [4.78, 5) is 0. The lowest BCUT2D eigenvalue weighted by molar-refractivity contribution is -0.274. The maximum Gasteiger partial charge on any atom is 0.171 e. The fourth-order valence-corrected chi connectivity index (χ4v) is 10.2. The Kier molecular flexibility index (Phi) is 4.78. The molecule has 31 heavy (non-hydrogen) atoms. The lowest BCUT2D eigenvalue weighted by Gasteiger charge is -2.62. The maximum atomic E-state index is 11.8. The van der Waals surface area contributed by atoms with Crippen LogP contribution in [0.15, 0.2) is 0 Å². The van der Waals surface area contributed by atoms with Crippen molar-refractivity contribution >= 4 is 0 Å². The minimum atomic E-state index is -0.407. The van der Waals surface area contributed by atoms with Gasteiger partial charge in [-0.25, -0.2) is 0 Å². The summed E-state index contributed by atoms with van der Waals surface area (Å²) in [7, 11) is 0. The predicted molar refractivity (Wildman–Crippen MR) is 119 cm³/mol. The van der Waals surface area contributed by atoms with Gasteiger partial charge in [0.05, 0.1) is 24.9 Å². The number of ether oxygens (including phenoxy) is 2. The Morgan fingerprint density at radius 1 is 0.871 bits per heavy atom. The van der Waals surface area contributed by atoms with E-state index in [2.05, 4.69) is 27.7 Å².